The van der Waals surface area contributed by atoms with E-state index >= 15 is 0 Å². The van der Waals surface area contributed by atoms with Crippen LogP contribution in [0.25, 0.3) is 16.8 Å². The highest BCUT2D eigenvalue weighted by Crippen LogP contribution is 2.46. The first-order chi connectivity index (χ1) is 16.1. The number of benzene rings is 2. The summed E-state index contributed by atoms with van der Waals surface area (Å²) in [4.78, 5) is 7.35. The third kappa shape index (κ3) is 3.61. The third-order valence-corrected chi connectivity index (χ3v) is 7.50. The van der Waals surface area contributed by atoms with Crippen molar-refractivity contribution in [1.82, 2.24) is 14.6 Å². The van der Waals surface area contributed by atoms with E-state index < -0.39 is 0 Å². The first kappa shape index (κ1) is 22.7. The van der Waals surface area contributed by atoms with Crippen molar-refractivity contribution in [2.24, 2.45) is 5.41 Å². The van der Waals surface area contributed by atoms with Crippen LogP contribution in [0.1, 0.15) is 29.7 Å². The van der Waals surface area contributed by atoms with Gasteiger partial charge in [-0.25, -0.2) is 13.9 Å². The van der Waals surface area contributed by atoms with Crippen molar-refractivity contribution in [1.29, 1.82) is 0 Å². The van der Waals surface area contributed by atoms with Crippen LogP contribution in [0.5, 0.6) is 5.75 Å². The van der Waals surface area contributed by atoms with Gasteiger partial charge in [0.1, 0.15) is 17.1 Å². The number of methoxy groups -OCH3 is 1. The molecule has 1 aliphatic heterocycles. The zero-order valence-electron chi connectivity index (χ0n) is 19.4. The van der Waals surface area contributed by atoms with Crippen LogP contribution in [0.3, 0.4) is 0 Å². The Hall–Kier alpha value is -3.12. The molecule has 5 nitrogen and oxygen atoms in total. The number of fused-ring (bicyclic) bond motifs is 2. The molecule has 0 amide bonds. The molecule has 0 radical (unpaired) electrons. The lowest BCUT2D eigenvalue weighted by molar-refractivity contribution is 0.232. The zero-order chi connectivity index (χ0) is 22.6. The molecule has 0 unspecified atom stereocenters. The maximum absolute atomic E-state index is 14.6. The van der Waals surface area contributed by atoms with Gasteiger partial charge in [-0.1, -0.05) is 18.2 Å². The first-order valence-corrected chi connectivity index (χ1v) is 11.6. The van der Waals surface area contributed by atoms with Gasteiger partial charge < -0.3 is 9.64 Å². The number of aryl methyl sites for hydroxylation is 1. The van der Waals surface area contributed by atoms with Crippen LogP contribution in [0.15, 0.2) is 54.7 Å². The average molecular weight is 479 g/mol. The number of nitrogens with zero attached hydrogens (tertiary/aromatic N) is 4. The van der Waals surface area contributed by atoms with E-state index in [0.29, 0.717) is 16.7 Å². The molecule has 2 aliphatic rings. The Morgan fingerprint density at radius 2 is 1.76 bits per heavy atom. The van der Waals surface area contributed by atoms with Gasteiger partial charge in [-0.05, 0) is 79.5 Å². The van der Waals surface area contributed by atoms with E-state index in [9.17, 15) is 4.39 Å². The molecule has 1 aliphatic carbocycles. The highest BCUT2D eigenvalue weighted by atomic mass is 35.5. The van der Waals surface area contributed by atoms with Gasteiger partial charge >= 0.3 is 0 Å². The monoisotopic (exact) mass is 478 g/mol. The van der Waals surface area contributed by atoms with Crippen LogP contribution in [0, 0.1) is 18.2 Å². The summed E-state index contributed by atoms with van der Waals surface area (Å²) < 4.78 is 21.9. The van der Waals surface area contributed by atoms with Crippen LogP contribution in [0.2, 0.25) is 0 Å². The van der Waals surface area contributed by atoms with Crippen LogP contribution in [0.4, 0.5) is 10.2 Å². The number of piperidine rings is 1. The van der Waals surface area contributed by atoms with Crippen LogP contribution >= 0.6 is 12.4 Å². The quantitative estimate of drug-likeness (QED) is 0.381. The third-order valence-electron chi connectivity index (χ3n) is 7.50. The summed E-state index contributed by atoms with van der Waals surface area (Å²) in [6, 6.07) is 15.3. The highest BCUT2D eigenvalue weighted by Gasteiger charge is 2.40. The zero-order valence-corrected chi connectivity index (χ0v) is 20.2. The van der Waals surface area contributed by atoms with E-state index in [4.69, 9.17) is 9.72 Å². The molecule has 4 aromatic rings. The molecule has 3 heterocycles. The van der Waals surface area contributed by atoms with Crippen molar-refractivity contribution in [2.75, 3.05) is 25.1 Å². The molecule has 7 heteroatoms. The Labute approximate surface area is 205 Å². The summed E-state index contributed by atoms with van der Waals surface area (Å²) in [6.07, 6.45) is 6.28. The van der Waals surface area contributed by atoms with Crippen molar-refractivity contribution in [3.63, 3.8) is 0 Å². The van der Waals surface area contributed by atoms with Gasteiger partial charge in [0, 0.05) is 18.7 Å². The minimum Gasteiger partial charge on any atom is -0.497 e. The second-order valence-corrected chi connectivity index (χ2v) is 9.45. The normalized spacial score (nSPS) is 16.5. The second kappa shape index (κ2) is 8.58. The van der Waals surface area contributed by atoms with Gasteiger partial charge in [0.15, 0.2) is 5.82 Å². The predicted octanol–water partition coefficient (Wildman–Crippen LogP) is 5.66. The fourth-order valence-corrected chi connectivity index (χ4v) is 5.75. The number of aromatic nitrogens is 3. The topological polar surface area (TPSA) is 42.7 Å². The molecule has 1 saturated heterocycles. The maximum Gasteiger partial charge on any atom is 0.155 e. The summed E-state index contributed by atoms with van der Waals surface area (Å²) in [5.41, 5.74) is 6.17. The Morgan fingerprint density at radius 1 is 1.00 bits per heavy atom. The Bertz CT molecular complexity index is 1360. The van der Waals surface area contributed by atoms with E-state index in [1.807, 2.05) is 23.6 Å². The van der Waals surface area contributed by atoms with Gasteiger partial charge in [-0.2, -0.15) is 5.10 Å². The van der Waals surface area contributed by atoms with Gasteiger partial charge in [-0.3, -0.25) is 0 Å². The molecule has 34 heavy (non-hydrogen) atoms. The number of hydrogen-bond acceptors (Lipinski definition) is 4. The lowest BCUT2D eigenvalue weighted by Crippen LogP contribution is -2.41. The number of anilines is 1. The minimum absolute atomic E-state index is 0. The molecule has 2 aromatic carbocycles. The predicted molar refractivity (Wildman–Crippen MR) is 135 cm³/mol. The molecular formula is C27H28ClFN4O. The SMILES string of the molecule is COc1ccc2c(c1)CC1(CCN(c3nc(C)c(-c4ccccc4F)n4nccc34)CC1)C2.Cl. The average Bonchev–Trinajstić information content (AvgIpc) is 3.44. The van der Waals surface area contributed by atoms with Crippen molar-refractivity contribution in [3.8, 4) is 17.0 Å². The van der Waals surface area contributed by atoms with E-state index in [1.165, 1.54) is 17.2 Å². The van der Waals surface area contributed by atoms with Gasteiger partial charge in [-0.15, -0.1) is 12.4 Å². The van der Waals surface area contributed by atoms with Gasteiger partial charge in [0.25, 0.3) is 0 Å². The molecular weight excluding hydrogens is 451 g/mol. The fraction of sp³-hybridized carbons (Fsp3) is 0.333. The summed E-state index contributed by atoms with van der Waals surface area (Å²) >= 11 is 0. The van der Waals surface area contributed by atoms with Crippen molar-refractivity contribution in [3.05, 3.63) is 77.4 Å². The Morgan fingerprint density at radius 3 is 2.53 bits per heavy atom. The number of hydrogen-bond donors (Lipinski definition) is 0. The fourth-order valence-electron chi connectivity index (χ4n) is 5.75. The molecule has 0 N–H and O–H groups in total. The van der Waals surface area contributed by atoms with Crippen LogP contribution in [-0.2, 0) is 12.8 Å². The van der Waals surface area contributed by atoms with Crippen LogP contribution in [-0.4, -0.2) is 34.8 Å². The van der Waals surface area contributed by atoms with Crippen molar-refractivity contribution >= 4 is 23.7 Å². The molecule has 0 saturated carbocycles. The van der Waals surface area contributed by atoms with Crippen molar-refractivity contribution < 1.29 is 9.13 Å². The highest BCUT2D eigenvalue weighted by molar-refractivity contribution is 5.85. The summed E-state index contributed by atoms with van der Waals surface area (Å²) in [5, 5.41) is 4.54. The number of rotatable bonds is 3. The lowest BCUT2D eigenvalue weighted by Gasteiger charge is -2.40. The van der Waals surface area contributed by atoms with Gasteiger partial charge in [0.05, 0.1) is 24.7 Å². The molecule has 0 bridgehead atoms. The second-order valence-electron chi connectivity index (χ2n) is 9.45. The summed E-state index contributed by atoms with van der Waals surface area (Å²) in [6.45, 7) is 3.85. The van der Waals surface area contributed by atoms with Crippen LogP contribution < -0.4 is 9.64 Å². The molecule has 6 rings (SSSR count). The summed E-state index contributed by atoms with van der Waals surface area (Å²) in [7, 11) is 1.73. The van der Waals surface area contributed by atoms with E-state index in [2.05, 4.69) is 28.2 Å². The van der Waals surface area contributed by atoms with E-state index in [1.54, 1.807) is 25.4 Å². The molecule has 176 valence electrons. The van der Waals surface area contributed by atoms with Crippen molar-refractivity contribution in [2.45, 2.75) is 32.6 Å². The molecule has 0 atom stereocenters. The molecule has 1 fully saturated rings. The standard InChI is InChI=1S/C27H27FN4O.ClH/c1-18-25(22-5-3-4-6-23(22)28)32-24(9-12-29-32)26(30-18)31-13-10-27(11-14-31)16-19-7-8-21(33-2)15-20(19)17-27;/h3-9,12,15H,10-11,13-14,16-17H2,1-2H3;1H. The van der Waals surface area contributed by atoms with E-state index in [-0.39, 0.29) is 18.2 Å². The summed E-state index contributed by atoms with van der Waals surface area (Å²) in [5.74, 6) is 1.63. The Kier molecular flexibility index (Phi) is 5.72. The first-order valence-electron chi connectivity index (χ1n) is 11.6. The maximum atomic E-state index is 14.6. The van der Waals surface area contributed by atoms with E-state index in [0.717, 1.165) is 61.6 Å². The Balaban J connectivity index is 0.00000241. The molecule has 1 spiro atoms. The lowest BCUT2D eigenvalue weighted by atomic mass is 9.76. The largest absolute Gasteiger partial charge is 0.497 e. The minimum atomic E-state index is -0.260. The smallest absolute Gasteiger partial charge is 0.155 e. The number of ether oxygens (including phenoxy) is 1. The van der Waals surface area contributed by atoms with Gasteiger partial charge in [0.2, 0.25) is 0 Å². The number of halogens is 2. The molecule has 2 aromatic heterocycles.